The topological polar surface area (TPSA) is 75.3 Å². The summed E-state index contributed by atoms with van der Waals surface area (Å²) in [6, 6.07) is 6.53. The van der Waals surface area contributed by atoms with Crippen LogP contribution in [0.1, 0.15) is 18.9 Å². The molecule has 0 aliphatic heterocycles. The predicted molar refractivity (Wildman–Crippen MR) is 86.5 cm³/mol. The predicted octanol–water partition coefficient (Wildman–Crippen LogP) is 1.97. The summed E-state index contributed by atoms with van der Waals surface area (Å²) < 4.78 is 25.5. The molecule has 5 nitrogen and oxygen atoms in total. The highest BCUT2D eigenvalue weighted by Gasteiger charge is 2.67. The molecule has 8 heteroatoms. The first-order valence-electron chi connectivity index (χ1n) is 6.81. The van der Waals surface area contributed by atoms with Crippen LogP contribution in [0.25, 0.3) is 0 Å². The van der Waals surface area contributed by atoms with Crippen LogP contribution in [0.5, 0.6) is 0 Å². The van der Waals surface area contributed by atoms with Crippen LogP contribution >= 0.6 is 23.2 Å². The Morgan fingerprint density at radius 2 is 1.77 bits per heavy atom. The SMILES string of the molecule is Cc1ccc(S(=O)(=O)NCCNC(=O)C2(C)CC2(Cl)Cl)cc1. The van der Waals surface area contributed by atoms with E-state index in [9.17, 15) is 13.2 Å². The van der Waals surface area contributed by atoms with Gasteiger partial charge in [0.1, 0.15) is 4.33 Å². The molecule has 1 aliphatic rings. The molecular weight excluding hydrogens is 347 g/mol. The van der Waals surface area contributed by atoms with Gasteiger partial charge in [-0.15, -0.1) is 23.2 Å². The summed E-state index contributed by atoms with van der Waals surface area (Å²) in [7, 11) is -3.57. The maximum Gasteiger partial charge on any atom is 0.240 e. The maximum absolute atomic E-state index is 12.0. The first-order valence-corrected chi connectivity index (χ1v) is 9.05. The highest BCUT2D eigenvalue weighted by atomic mass is 35.5. The average Bonchev–Trinajstić information content (AvgIpc) is 2.95. The van der Waals surface area contributed by atoms with E-state index in [1.807, 2.05) is 6.92 Å². The smallest absolute Gasteiger partial charge is 0.240 e. The number of hydrogen-bond acceptors (Lipinski definition) is 3. The van der Waals surface area contributed by atoms with Gasteiger partial charge in [0.25, 0.3) is 0 Å². The van der Waals surface area contributed by atoms with Crippen molar-refractivity contribution in [1.29, 1.82) is 0 Å². The highest BCUT2D eigenvalue weighted by molar-refractivity contribution is 7.89. The molecule has 2 N–H and O–H groups in total. The van der Waals surface area contributed by atoms with E-state index in [0.717, 1.165) is 5.56 Å². The van der Waals surface area contributed by atoms with E-state index >= 15 is 0 Å². The summed E-state index contributed by atoms with van der Waals surface area (Å²) in [5, 5.41) is 2.64. The second-order valence-corrected chi connectivity index (χ2v) is 8.93. The number of benzene rings is 1. The molecular formula is C14H18Cl2N2O3S. The molecule has 22 heavy (non-hydrogen) atoms. The van der Waals surface area contributed by atoms with Gasteiger partial charge in [-0.2, -0.15) is 0 Å². The fourth-order valence-electron chi connectivity index (χ4n) is 2.00. The first kappa shape index (κ1) is 17.5. The van der Waals surface area contributed by atoms with Crippen molar-refractivity contribution in [1.82, 2.24) is 10.0 Å². The summed E-state index contributed by atoms with van der Waals surface area (Å²) in [5.41, 5.74) is 0.181. The molecule has 1 aromatic carbocycles. The van der Waals surface area contributed by atoms with Crippen molar-refractivity contribution in [3.8, 4) is 0 Å². The standard InChI is InChI=1S/C14H18Cl2N2O3S/c1-10-3-5-11(6-4-10)22(20,21)18-8-7-17-12(19)13(2)9-14(13,15)16/h3-6,18H,7-9H2,1-2H3,(H,17,19). The number of carbonyl (C=O) groups is 1. The molecule has 0 saturated heterocycles. The van der Waals surface area contributed by atoms with Crippen molar-refractivity contribution < 1.29 is 13.2 Å². The molecule has 0 radical (unpaired) electrons. The third-order valence-corrected chi connectivity index (χ3v) is 6.37. The van der Waals surface area contributed by atoms with Gasteiger partial charge in [-0.3, -0.25) is 4.79 Å². The largest absolute Gasteiger partial charge is 0.354 e. The van der Waals surface area contributed by atoms with Crippen molar-refractivity contribution in [2.75, 3.05) is 13.1 Å². The second-order valence-electron chi connectivity index (χ2n) is 5.68. The zero-order valence-electron chi connectivity index (χ0n) is 12.3. The molecule has 0 aromatic heterocycles. The summed E-state index contributed by atoms with van der Waals surface area (Å²) in [5.74, 6) is -0.271. The zero-order valence-corrected chi connectivity index (χ0v) is 14.6. The van der Waals surface area contributed by atoms with Crippen LogP contribution < -0.4 is 10.0 Å². The van der Waals surface area contributed by atoms with Crippen LogP contribution in [0.15, 0.2) is 29.2 Å². The number of alkyl halides is 2. The van der Waals surface area contributed by atoms with Crippen LogP contribution in [-0.2, 0) is 14.8 Å². The third-order valence-electron chi connectivity index (χ3n) is 3.79. The Morgan fingerprint density at radius 3 is 2.27 bits per heavy atom. The Bertz CT molecular complexity index is 674. The number of sulfonamides is 1. The van der Waals surface area contributed by atoms with Gasteiger partial charge in [0.05, 0.1) is 10.3 Å². The minimum Gasteiger partial charge on any atom is -0.354 e. The molecule has 1 saturated carbocycles. The van der Waals surface area contributed by atoms with Crippen molar-refractivity contribution in [2.45, 2.75) is 29.5 Å². The lowest BCUT2D eigenvalue weighted by atomic mass is 10.1. The van der Waals surface area contributed by atoms with E-state index in [-0.39, 0.29) is 23.9 Å². The Hall–Kier alpha value is -0.820. The molecule has 2 rings (SSSR count). The van der Waals surface area contributed by atoms with E-state index in [0.29, 0.717) is 6.42 Å². The molecule has 1 aromatic rings. The van der Waals surface area contributed by atoms with Crippen LogP contribution in [0.2, 0.25) is 0 Å². The quantitative estimate of drug-likeness (QED) is 0.598. The molecule has 1 amide bonds. The molecule has 1 unspecified atom stereocenters. The molecule has 0 spiro atoms. The minimum atomic E-state index is -3.57. The molecule has 1 atom stereocenters. The van der Waals surface area contributed by atoms with Crippen molar-refractivity contribution >= 4 is 39.1 Å². The van der Waals surface area contributed by atoms with Gasteiger partial charge in [0.2, 0.25) is 15.9 Å². The van der Waals surface area contributed by atoms with Gasteiger partial charge >= 0.3 is 0 Å². The van der Waals surface area contributed by atoms with E-state index in [1.54, 1.807) is 19.1 Å². The lowest BCUT2D eigenvalue weighted by molar-refractivity contribution is -0.125. The zero-order chi connectivity index (χ0) is 16.6. The maximum atomic E-state index is 12.0. The van der Waals surface area contributed by atoms with Gasteiger partial charge < -0.3 is 5.32 Å². The molecule has 1 fully saturated rings. The highest BCUT2D eigenvalue weighted by Crippen LogP contribution is 2.63. The number of aryl methyl sites for hydroxylation is 1. The summed E-state index contributed by atoms with van der Waals surface area (Å²) in [6.45, 7) is 3.82. The summed E-state index contributed by atoms with van der Waals surface area (Å²) in [6.07, 6.45) is 0.393. The molecule has 1 aliphatic carbocycles. The van der Waals surface area contributed by atoms with E-state index < -0.39 is 19.8 Å². The average molecular weight is 365 g/mol. The third kappa shape index (κ3) is 3.56. The fourth-order valence-corrected chi connectivity index (χ4v) is 3.74. The number of halogens is 2. The monoisotopic (exact) mass is 364 g/mol. The van der Waals surface area contributed by atoms with Gasteiger partial charge in [-0.05, 0) is 32.4 Å². The second kappa shape index (κ2) is 6.00. The number of rotatable bonds is 6. The van der Waals surface area contributed by atoms with Gasteiger partial charge in [0.15, 0.2) is 0 Å². The number of carbonyl (C=O) groups excluding carboxylic acids is 1. The molecule has 0 bridgehead atoms. The first-order chi connectivity index (χ1) is 10.1. The lowest BCUT2D eigenvalue weighted by Crippen LogP contribution is -2.39. The van der Waals surface area contributed by atoms with Crippen LogP contribution in [0, 0.1) is 12.3 Å². The molecule has 122 valence electrons. The lowest BCUT2D eigenvalue weighted by Gasteiger charge is -2.13. The summed E-state index contributed by atoms with van der Waals surface area (Å²) >= 11 is 11.8. The molecule has 0 heterocycles. The normalized spacial score (nSPS) is 23.1. The Kier molecular flexibility index (Phi) is 4.78. The van der Waals surface area contributed by atoms with E-state index in [4.69, 9.17) is 23.2 Å². The van der Waals surface area contributed by atoms with Gasteiger partial charge in [-0.1, -0.05) is 17.7 Å². The Morgan fingerprint density at radius 1 is 1.23 bits per heavy atom. The van der Waals surface area contributed by atoms with E-state index in [2.05, 4.69) is 10.0 Å². The number of hydrogen-bond donors (Lipinski definition) is 2. The van der Waals surface area contributed by atoms with Crippen molar-refractivity contribution in [3.63, 3.8) is 0 Å². The number of amides is 1. The Balaban J connectivity index is 1.81. The number of nitrogens with one attached hydrogen (secondary N) is 2. The van der Waals surface area contributed by atoms with Crippen LogP contribution in [0.4, 0.5) is 0 Å². The van der Waals surface area contributed by atoms with Crippen molar-refractivity contribution in [3.05, 3.63) is 29.8 Å². The van der Waals surface area contributed by atoms with Crippen LogP contribution in [0.3, 0.4) is 0 Å². The fraction of sp³-hybridized carbons (Fsp3) is 0.500. The van der Waals surface area contributed by atoms with Crippen molar-refractivity contribution in [2.24, 2.45) is 5.41 Å². The summed E-state index contributed by atoms with van der Waals surface area (Å²) in [4.78, 5) is 12.1. The van der Waals surface area contributed by atoms with Gasteiger partial charge in [0, 0.05) is 13.1 Å². The minimum absolute atomic E-state index is 0.0929. The van der Waals surface area contributed by atoms with Crippen LogP contribution in [-0.4, -0.2) is 31.7 Å². The van der Waals surface area contributed by atoms with E-state index in [1.165, 1.54) is 12.1 Å². The van der Waals surface area contributed by atoms with Gasteiger partial charge in [-0.25, -0.2) is 13.1 Å². The Labute approximate surface area is 140 Å².